The van der Waals surface area contributed by atoms with E-state index in [1.165, 1.54) is 38.5 Å². The van der Waals surface area contributed by atoms with Gasteiger partial charge in [0.05, 0.1) is 5.41 Å². The third kappa shape index (κ3) is 7.91. The van der Waals surface area contributed by atoms with E-state index in [-0.39, 0.29) is 0 Å². The SMILES string of the molecule is CCCCCCCCC(CCC)(CCCCC)C(=O)O. The number of hydrogen-bond donors (Lipinski definition) is 1. The summed E-state index contributed by atoms with van der Waals surface area (Å²) in [4.78, 5) is 11.8. The van der Waals surface area contributed by atoms with Crippen molar-refractivity contribution in [2.45, 2.75) is 104 Å². The first-order chi connectivity index (χ1) is 9.63. The average Bonchev–Trinajstić information content (AvgIpc) is 2.42. The van der Waals surface area contributed by atoms with Crippen molar-refractivity contribution in [3.63, 3.8) is 0 Å². The average molecular weight is 284 g/mol. The highest BCUT2D eigenvalue weighted by atomic mass is 16.4. The van der Waals surface area contributed by atoms with Gasteiger partial charge in [0, 0.05) is 0 Å². The summed E-state index contributed by atoms with van der Waals surface area (Å²) in [5, 5.41) is 9.69. The molecule has 0 saturated carbocycles. The van der Waals surface area contributed by atoms with Gasteiger partial charge in [-0.05, 0) is 19.3 Å². The zero-order valence-corrected chi connectivity index (χ0v) is 14.0. The molecule has 1 N–H and O–H groups in total. The summed E-state index contributed by atoms with van der Waals surface area (Å²) in [6.45, 7) is 6.51. The van der Waals surface area contributed by atoms with E-state index in [0.29, 0.717) is 0 Å². The van der Waals surface area contributed by atoms with Crippen LogP contribution in [0.3, 0.4) is 0 Å². The highest BCUT2D eigenvalue weighted by Crippen LogP contribution is 2.37. The molecule has 0 aliphatic rings. The monoisotopic (exact) mass is 284 g/mol. The van der Waals surface area contributed by atoms with Crippen LogP contribution in [0.1, 0.15) is 104 Å². The smallest absolute Gasteiger partial charge is 0.309 e. The van der Waals surface area contributed by atoms with Crippen molar-refractivity contribution in [3.8, 4) is 0 Å². The minimum atomic E-state index is -0.552. The first kappa shape index (κ1) is 19.5. The molecule has 0 aromatic heterocycles. The molecule has 1 atom stereocenters. The molecule has 1 unspecified atom stereocenters. The number of carboxylic acid groups (broad SMARTS) is 1. The zero-order chi connectivity index (χ0) is 15.3. The van der Waals surface area contributed by atoms with Crippen LogP contribution in [0.15, 0.2) is 0 Å². The van der Waals surface area contributed by atoms with Gasteiger partial charge in [0.2, 0.25) is 0 Å². The van der Waals surface area contributed by atoms with Crippen molar-refractivity contribution < 1.29 is 9.90 Å². The molecule has 2 nitrogen and oxygen atoms in total. The van der Waals surface area contributed by atoms with Crippen LogP contribution in [-0.2, 0) is 4.79 Å². The van der Waals surface area contributed by atoms with Crippen LogP contribution in [0.4, 0.5) is 0 Å². The van der Waals surface area contributed by atoms with Crippen molar-refractivity contribution in [3.05, 3.63) is 0 Å². The minimum absolute atomic E-state index is 0.436. The maximum Gasteiger partial charge on any atom is 0.309 e. The van der Waals surface area contributed by atoms with Gasteiger partial charge in [-0.15, -0.1) is 0 Å². The maximum atomic E-state index is 11.8. The molecule has 0 bridgehead atoms. The Morgan fingerprint density at radius 1 is 0.700 bits per heavy atom. The Kier molecular flexibility index (Phi) is 11.9. The van der Waals surface area contributed by atoms with Crippen LogP contribution in [-0.4, -0.2) is 11.1 Å². The minimum Gasteiger partial charge on any atom is -0.481 e. The van der Waals surface area contributed by atoms with Crippen molar-refractivity contribution in [1.82, 2.24) is 0 Å². The molecule has 120 valence electrons. The Morgan fingerprint density at radius 3 is 1.65 bits per heavy atom. The number of unbranched alkanes of at least 4 members (excludes halogenated alkanes) is 7. The summed E-state index contributed by atoms with van der Waals surface area (Å²) < 4.78 is 0. The van der Waals surface area contributed by atoms with E-state index in [4.69, 9.17) is 0 Å². The highest BCUT2D eigenvalue weighted by molar-refractivity contribution is 5.74. The molecular formula is C18H36O2. The molecule has 0 aliphatic carbocycles. The second-order valence-corrected chi connectivity index (χ2v) is 6.31. The molecule has 0 amide bonds. The Hall–Kier alpha value is -0.530. The van der Waals surface area contributed by atoms with Crippen molar-refractivity contribution in [1.29, 1.82) is 0 Å². The largest absolute Gasteiger partial charge is 0.481 e. The summed E-state index contributed by atoms with van der Waals surface area (Å²) in [5.74, 6) is -0.552. The van der Waals surface area contributed by atoms with Crippen LogP contribution in [0.2, 0.25) is 0 Å². The molecule has 0 saturated heterocycles. The molecule has 0 heterocycles. The van der Waals surface area contributed by atoms with E-state index in [1.807, 2.05) is 0 Å². The van der Waals surface area contributed by atoms with Gasteiger partial charge in [0.1, 0.15) is 0 Å². The van der Waals surface area contributed by atoms with Crippen LogP contribution in [0.5, 0.6) is 0 Å². The lowest BCUT2D eigenvalue weighted by Gasteiger charge is -2.29. The Morgan fingerprint density at radius 2 is 1.15 bits per heavy atom. The lowest BCUT2D eigenvalue weighted by molar-refractivity contribution is -0.150. The van der Waals surface area contributed by atoms with Gasteiger partial charge in [-0.25, -0.2) is 0 Å². The van der Waals surface area contributed by atoms with Gasteiger partial charge in [-0.2, -0.15) is 0 Å². The molecule has 0 spiro atoms. The van der Waals surface area contributed by atoms with Gasteiger partial charge in [0.15, 0.2) is 0 Å². The quantitative estimate of drug-likeness (QED) is 0.386. The van der Waals surface area contributed by atoms with Gasteiger partial charge in [0.25, 0.3) is 0 Å². The molecule has 20 heavy (non-hydrogen) atoms. The standard InChI is InChI=1S/C18H36O2/c1-4-7-9-10-11-13-16-18(14-6-3,17(19)20)15-12-8-5-2/h4-16H2,1-3H3,(H,19,20). The van der Waals surface area contributed by atoms with E-state index >= 15 is 0 Å². The second-order valence-electron chi connectivity index (χ2n) is 6.31. The number of hydrogen-bond acceptors (Lipinski definition) is 1. The van der Waals surface area contributed by atoms with E-state index in [2.05, 4.69) is 20.8 Å². The lowest BCUT2D eigenvalue weighted by atomic mass is 9.74. The van der Waals surface area contributed by atoms with Gasteiger partial charge in [-0.1, -0.05) is 85.0 Å². The predicted molar refractivity (Wildman–Crippen MR) is 87.1 cm³/mol. The Labute approximate surface area is 126 Å². The van der Waals surface area contributed by atoms with E-state index in [9.17, 15) is 9.90 Å². The van der Waals surface area contributed by atoms with Gasteiger partial charge in [-0.3, -0.25) is 4.79 Å². The summed E-state index contributed by atoms with van der Waals surface area (Å²) >= 11 is 0. The molecule has 0 aromatic carbocycles. The molecule has 0 aromatic rings. The van der Waals surface area contributed by atoms with Crippen LogP contribution < -0.4 is 0 Å². The molecule has 2 heteroatoms. The van der Waals surface area contributed by atoms with Crippen molar-refractivity contribution in [2.75, 3.05) is 0 Å². The fourth-order valence-electron chi connectivity index (χ4n) is 3.13. The number of carboxylic acids is 1. The Balaban J connectivity index is 4.24. The molecule has 0 aliphatic heterocycles. The number of carbonyl (C=O) groups is 1. The van der Waals surface area contributed by atoms with E-state index < -0.39 is 11.4 Å². The third-order valence-electron chi connectivity index (χ3n) is 4.45. The summed E-state index contributed by atoms with van der Waals surface area (Å²) in [6.07, 6.45) is 14.4. The van der Waals surface area contributed by atoms with E-state index in [1.54, 1.807) is 0 Å². The number of rotatable bonds is 14. The first-order valence-electron chi connectivity index (χ1n) is 8.86. The lowest BCUT2D eigenvalue weighted by Crippen LogP contribution is -2.31. The summed E-state index contributed by atoms with van der Waals surface area (Å²) in [7, 11) is 0. The zero-order valence-electron chi connectivity index (χ0n) is 14.0. The van der Waals surface area contributed by atoms with Crippen LogP contribution in [0.25, 0.3) is 0 Å². The van der Waals surface area contributed by atoms with Gasteiger partial charge >= 0.3 is 5.97 Å². The molecular weight excluding hydrogens is 248 g/mol. The predicted octanol–water partition coefficient (Wildman–Crippen LogP) is 6.19. The fraction of sp³-hybridized carbons (Fsp3) is 0.944. The maximum absolute atomic E-state index is 11.8. The fourth-order valence-corrected chi connectivity index (χ4v) is 3.13. The first-order valence-corrected chi connectivity index (χ1v) is 8.86. The molecule has 0 radical (unpaired) electrons. The normalized spacial score (nSPS) is 14.2. The van der Waals surface area contributed by atoms with Crippen LogP contribution in [0, 0.1) is 5.41 Å². The third-order valence-corrected chi connectivity index (χ3v) is 4.45. The highest BCUT2D eigenvalue weighted by Gasteiger charge is 2.36. The van der Waals surface area contributed by atoms with Crippen molar-refractivity contribution in [2.24, 2.45) is 5.41 Å². The molecule has 0 fully saturated rings. The second kappa shape index (κ2) is 12.2. The Bertz CT molecular complexity index is 238. The van der Waals surface area contributed by atoms with Crippen molar-refractivity contribution >= 4 is 5.97 Å². The number of aliphatic carboxylic acids is 1. The topological polar surface area (TPSA) is 37.3 Å². The van der Waals surface area contributed by atoms with E-state index in [0.717, 1.165) is 44.9 Å². The van der Waals surface area contributed by atoms with Crippen LogP contribution >= 0.6 is 0 Å². The summed E-state index contributed by atoms with van der Waals surface area (Å²) in [5.41, 5.74) is -0.436. The summed E-state index contributed by atoms with van der Waals surface area (Å²) in [6, 6.07) is 0. The van der Waals surface area contributed by atoms with Gasteiger partial charge < -0.3 is 5.11 Å². The molecule has 0 rings (SSSR count).